The molecule has 0 bridgehead atoms. The van der Waals surface area contributed by atoms with Crippen LogP contribution in [-0.4, -0.2) is 7.54 Å². The maximum atomic E-state index is 9.67. The number of hydrogen-bond acceptors (Lipinski definition) is 0. The van der Waals surface area contributed by atoms with Gasteiger partial charge in [-0.05, 0) is 0 Å². The molecule has 0 radical (unpaired) electrons. The zero-order chi connectivity index (χ0) is 3.58. The Bertz CT molecular complexity index is 11.6. The van der Waals surface area contributed by atoms with Gasteiger partial charge < -0.3 is 0 Å². The molecule has 0 unspecified atom stereocenters. The molecule has 0 spiro atoms. The van der Waals surface area contributed by atoms with Gasteiger partial charge >= 0.3 is 7.54 Å². The van der Waals surface area contributed by atoms with E-state index >= 15 is 0 Å². The Morgan fingerprint density at radius 1 is 1.00 bits per heavy atom. The van der Waals surface area contributed by atoms with Crippen molar-refractivity contribution in [3.8, 4) is 0 Å². The molecule has 0 atom stereocenters. The lowest BCUT2D eigenvalue weighted by atomic mass is 10.5. The van der Waals surface area contributed by atoms with Crippen molar-refractivity contribution in [1.29, 1.82) is 0 Å². The molecule has 0 aromatic carbocycles. The van der Waals surface area contributed by atoms with Crippen LogP contribution in [0.1, 0.15) is 0 Å². The highest BCUT2D eigenvalue weighted by atomic mass is 32.1. The van der Waals surface area contributed by atoms with Gasteiger partial charge in [0.15, 0.2) is 0 Å². The first kappa shape index (κ1) is 8.96. The highest BCUT2D eigenvalue weighted by Gasteiger charge is 2.06. The predicted molar refractivity (Wildman–Crippen MR) is 19.5 cm³/mol. The maximum absolute atomic E-state index is 9.67. The summed E-state index contributed by atoms with van der Waals surface area (Å²) in [6.45, 7) is 0. The van der Waals surface area contributed by atoms with Gasteiger partial charge in [0.25, 0.3) is 0 Å². The van der Waals surface area contributed by atoms with Crippen molar-refractivity contribution in [2.75, 3.05) is 0 Å². The van der Waals surface area contributed by atoms with Crippen LogP contribution in [0.4, 0.5) is 12.9 Å². The molecule has 0 aromatic heterocycles. The molecule has 0 aliphatic carbocycles. The van der Waals surface area contributed by atoms with Crippen LogP contribution >= 0.6 is 13.5 Å². The molecule has 0 saturated carbocycles. The second-order valence-corrected chi connectivity index (χ2v) is 0.247. The van der Waals surface area contributed by atoms with E-state index in [1.54, 1.807) is 0 Å². The Kier molecular flexibility index (Phi) is 7.54. The van der Waals surface area contributed by atoms with Gasteiger partial charge in [-0.25, -0.2) is 0 Å². The Labute approximate surface area is 35.0 Å². The minimum atomic E-state index is -3.67. The second kappa shape index (κ2) is 4.20. The molecule has 0 amide bonds. The Hall–Kier alpha value is 0.205. The zero-order valence-electron chi connectivity index (χ0n) is 2.21. The van der Waals surface area contributed by atoms with E-state index in [1.165, 1.54) is 0 Å². The molecular formula is H2BF3S. The number of hydrogen-bond donors (Lipinski definition) is 0. The van der Waals surface area contributed by atoms with Gasteiger partial charge in [0.2, 0.25) is 0 Å². The molecule has 0 rings (SSSR count). The van der Waals surface area contributed by atoms with Crippen molar-refractivity contribution in [2.24, 2.45) is 0 Å². The lowest BCUT2D eigenvalue weighted by Gasteiger charge is -1.55. The molecule has 0 fully saturated rings. The van der Waals surface area contributed by atoms with Crippen molar-refractivity contribution in [1.82, 2.24) is 0 Å². The van der Waals surface area contributed by atoms with Gasteiger partial charge in [0.05, 0.1) is 0 Å². The summed E-state index contributed by atoms with van der Waals surface area (Å²) in [6, 6.07) is 0. The van der Waals surface area contributed by atoms with E-state index < -0.39 is 7.54 Å². The largest absolute Gasteiger partial charge is 0.762 e. The summed E-state index contributed by atoms with van der Waals surface area (Å²) in [6.07, 6.45) is 0. The van der Waals surface area contributed by atoms with E-state index in [0.29, 0.717) is 0 Å². The second-order valence-electron chi connectivity index (χ2n) is 0.247. The molecule has 32 valence electrons. The number of halogens is 3. The number of rotatable bonds is 0. The lowest BCUT2D eigenvalue weighted by molar-refractivity contribution is 0.535. The van der Waals surface area contributed by atoms with Crippen molar-refractivity contribution in [3.63, 3.8) is 0 Å². The summed E-state index contributed by atoms with van der Waals surface area (Å²) in [5, 5.41) is 0. The summed E-state index contributed by atoms with van der Waals surface area (Å²) in [4.78, 5) is 0. The van der Waals surface area contributed by atoms with Crippen molar-refractivity contribution >= 4 is 21.0 Å². The van der Waals surface area contributed by atoms with Crippen LogP contribution in [0.5, 0.6) is 0 Å². The van der Waals surface area contributed by atoms with E-state index in [1.807, 2.05) is 0 Å². The van der Waals surface area contributed by atoms with Crippen molar-refractivity contribution in [2.45, 2.75) is 0 Å². The monoisotopic (exact) mass is 102 g/mol. The predicted octanol–water partition coefficient (Wildman–Crippen LogP) is 0.993. The van der Waals surface area contributed by atoms with Crippen LogP contribution in [0.2, 0.25) is 0 Å². The minimum Gasteiger partial charge on any atom is -0.254 e. The topological polar surface area (TPSA) is 0 Å². The van der Waals surface area contributed by atoms with Crippen LogP contribution in [-0.2, 0) is 0 Å². The first-order chi connectivity index (χ1) is 1.73. The molecule has 0 aliphatic rings. The van der Waals surface area contributed by atoms with Crippen LogP contribution in [0.3, 0.4) is 0 Å². The molecule has 0 heterocycles. The first-order valence-electron chi connectivity index (χ1n) is 0.655. The zero-order valence-corrected chi connectivity index (χ0v) is 3.21. The van der Waals surface area contributed by atoms with Crippen LogP contribution in [0, 0.1) is 0 Å². The van der Waals surface area contributed by atoms with E-state index in [9.17, 15) is 12.9 Å². The fourth-order valence-corrected chi connectivity index (χ4v) is 0. The van der Waals surface area contributed by atoms with Gasteiger partial charge in [0.1, 0.15) is 0 Å². The van der Waals surface area contributed by atoms with Gasteiger partial charge in [-0.3, -0.25) is 12.9 Å². The Morgan fingerprint density at radius 2 is 1.00 bits per heavy atom. The molecule has 5 heavy (non-hydrogen) atoms. The molecule has 0 saturated heterocycles. The highest BCUT2D eigenvalue weighted by molar-refractivity contribution is 7.59. The van der Waals surface area contributed by atoms with E-state index in [2.05, 4.69) is 0 Å². The summed E-state index contributed by atoms with van der Waals surface area (Å²) in [7, 11) is -3.67. The molecule has 0 aromatic rings. The third-order valence-electron chi connectivity index (χ3n) is 0. The van der Waals surface area contributed by atoms with E-state index in [0.717, 1.165) is 0 Å². The molecule has 0 nitrogen and oxygen atoms in total. The highest BCUT2D eigenvalue weighted by Crippen LogP contribution is 1.80. The van der Waals surface area contributed by atoms with Gasteiger partial charge in [-0.1, -0.05) is 0 Å². The van der Waals surface area contributed by atoms with E-state index in [-0.39, 0.29) is 13.5 Å². The van der Waals surface area contributed by atoms with Crippen LogP contribution in [0.15, 0.2) is 0 Å². The Balaban J connectivity index is 0. The first-order valence-corrected chi connectivity index (χ1v) is 0.655. The smallest absolute Gasteiger partial charge is 0.254 e. The summed E-state index contributed by atoms with van der Waals surface area (Å²) >= 11 is 0. The molecule has 0 N–H and O–H groups in total. The molecule has 5 heteroatoms. The van der Waals surface area contributed by atoms with Crippen molar-refractivity contribution in [3.05, 3.63) is 0 Å². The fraction of sp³-hybridized carbons (Fsp3) is 0. The quantitative estimate of drug-likeness (QED) is 0.400. The third-order valence-corrected chi connectivity index (χ3v) is 0. The minimum absolute atomic E-state index is 0. The van der Waals surface area contributed by atoms with E-state index in [4.69, 9.17) is 0 Å². The third kappa shape index (κ3) is 487. The SMILES string of the molecule is FB(F)F.S. The normalized spacial score (nSPS) is 5.40. The summed E-state index contributed by atoms with van der Waals surface area (Å²) in [5.74, 6) is 0. The average molecular weight is 102 g/mol. The molecule has 0 aliphatic heterocycles. The maximum Gasteiger partial charge on any atom is 0.762 e. The Morgan fingerprint density at radius 3 is 1.00 bits per heavy atom. The lowest BCUT2D eigenvalue weighted by Crippen LogP contribution is -1.76. The van der Waals surface area contributed by atoms with Crippen molar-refractivity contribution < 1.29 is 12.9 Å². The fourth-order valence-electron chi connectivity index (χ4n) is 0. The van der Waals surface area contributed by atoms with Gasteiger partial charge in [0, 0.05) is 0 Å². The summed E-state index contributed by atoms with van der Waals surface area (Å²) in [5.41, 5.74) is 0. The van der Waals surface area contributed by atoms with Crippen LogP contribution < -0.4 is 0 Å². The van der Waals surface area contributed by atoms with Crippen LogP contribution in [0.25, 0.3) is 0 Å². The summed E-state index contributed by atoms with van der Waals surface area (Å²) < 4.78 is 29.0. The average Bonchev–Trinajstić information content (AvgIpc) is 0.811. The molecular weight excluding hydrogens is 99.9 g/mol. The van der Waals surface area contributed by atoms with Gasteiger partial charge in [-0.2, -0.15) is 13.5 Å². The van der Waals surface area contributed by atoms with Gasteiger partial charge in [-0.15, -0.1) is 0 Å². The standard InChI is InChI=1S/BF3.H2S/c2-1(3)4;/h;1H2.